The Labute approximate surface area is 154 Å². The number of benzene rings is 2. The van der Waals surface area contributed by atoms with Gasteiger partial charge >= 0.3 is 0 Å². The molecule has 0 spiro atoms. The molecule has 1 heterocycles. The van der Waals surface area contributed by atoms with Gasteiger partial charge in [0.15, 0.2) is 0 Å². The van der Waals surface area contributed by atoms with Crippen molar-refractivity contribution in [3.63, 3.8) is 0 Å². The first-order valence-corrected chi connectivity index (χ1v) is 7.91. The van der Waals surface area contributed by atoms with Gasteiger partial charge in [-0.25, -0.2) is 0 Å². The summed E-state index contributed by atoms with van der Waals surface area (Å²) in [7, 11) is 0. The highest BCUT2D eigenvalue weighted by atomic mass is 16.6. The van der Waals surface area contributed by atoms with Gasteiger partial charge in [0.1, 0.15) is 0 Å². The first-order chi connectivity index (χ1) is 13.0. The van der Waals surface area contributed by atoms with E-state index in [4.69, 9.17) is 0 Å². The fourth-order valence-corrected chi connectivity index (χ4v) is 2.35. The third-order valence-corrected chi connectivity index (χ3v) is 3.68. The predicted octanol–water partition coefficient (Wildman–Crippen LogP) is 3.49. The molecule has 27 heavy (non-hydrogen) atoms. The Morgan fingerprint density at radius 2 is 1.63 bits per heavy atom. The standard InChI is InChI=1S/C19H14N4O4/c24-18(13-7-9-15(10-8-13)23(26)27)22-17-6-2-1-5-16(17)19(25)21-14-4-3-11-20-12-14/h1-12H,(H,21,25)(H,22,24). The van der Waals surface area contributed by atoms with E-state index in [2.05, 4.69) is 15.6 Å². The largest absolute Gasteiger partial charge is 0.321 e. The lowest BCUT2D eigenvalue weighted by Gasteiger charge is -2.11. The number of aromatic nitrogens is 1. The summed E-state index contributed by atoms with van der Waals surface area (Å²) in [5, 5.41) is 16.1. The molecule has 0 saturated heterocycles. The van der Waals surface area contributed by atoms with E-state index >= 15 is 0 Å². The molecular weight excluding hydrogens is 348 g/mol. The first kappa shape index (κ1) is 17.7. The third kappa shape index (κ3) is 4.31. The van der Waals surface area contributed by atoms with Gasteiger partial charge in [0, 0.05) is 23.9 Å². The number of anilines is 2. The zero-order valence-electron chi connectivity index (χ0n) is 14.0. The third-order valence-electron chi connectivity index (χ3n) is 3.68. The second kappa shape index (κ2) is 7.87. The Hall–Kier alpha value is -4.07. The normalized spacial score (nSPS) is 10.1. The van der Waals surface area contributed by atoms with Crippen LogP contribution in [-0.4, -0.2) is 21.7 Å². The minimum Gasteiger partial charge on any atom is -0.321 e. The fraction of sp³-hybridized carbons (Fsp3) is 0. The van der Waals surface area contributed by atoms with Crippen LogP contribution in [0.25, 0.3) is 0 Å². The molecule has 2 aromatic carbocycles. The Balaban J connectivity index is 1.78. The van der Waals surface area contributed by atoms with Crippen molar-refractivity contribution in [1.29, 1.82) is 0 Å². The van der Waals surface area contributed by atoms with E-state index < -0.39 is 16.7 Å². The summed E-state index contributed by atoms with van der Waals surface area (Å²) in [5.41, 5.74) is 1.25. The van der Waals surface area contributed by atoms with Gasteiger partial charge in [-0.2, -0.15) is 0 Å². The number of carbonyl (C=O) groups excluding carboxylic acids is 2. The molecule has 0 radical (unpaired) electrons. The van der Waals surface area contributed by atoms with E-state index in [1.165, 1.54) is 30.5 Å². The van der Waals surface area contributed by atoms with Gasteiger partial charge in [-0.3, -0.25) is 24.7 Å². The number of para-hydroxylation sites is 1. The lowest BCUT2D eigenvalue weighted by Crippen LogP contribution is -2.18. The summed E-state index contributed by atoms with van der Waals surface area (Å²) >= 11 is 0. The summed E-state index contributed by atoms with van der Waals surface area (Å²) in [5.74, 6) is -0.880. The average Bonchev–Trinajstić information content (AvgIpc) is 2.69. The van der Waals surface area contributed by atoms with Crippen LogP contribution in [0.2, 0.25) is 0 Å². The van der Waals surface area contributed by atoms with Crippen LogP contribution in [0.3, 0.4) is 0 Å². The van der Waals surface area contributed by atoms with E-state index in [-0.39, 0.29) is 16.8 Å². The highest BCUT2D eigenvalue weighted by Gasteiger charge is 2.15. The maximum absolute atomic E-state index is 12.5. The van der Waals surface area contributed by atoms with E-state index in [9.17, 15) is 19.7 Å². The monoisotopic (exact) mass is 362 g/mol. The Kier molecular flexibility index (Phi) is 5.17. The van der Waals surface area contributed by atoms with Crippen molar-refractivity contribution in [3.05, 3.63) is 94.3 Å². The molecule has 1 aromatic heterocycles. The smallest absolute Gasteiger partial charge is 0.269 e. The lowest BCUT2D eigenvalue weighted by atomic mass is 10.1. The highest BCUT2D eigenvalue weighted by molar-refractivity contribution is 6.12. The number of rotatable bonds is 5. The number of amides is 2. The number of nitro benzene ring substituents is 1. The Bertz CT molecular complexity index is 988. The summed E-state index contributed by atoms with van der Waals surface area (Å²) in [4.78, 5) is 39.0. The van der Waals surface area contributed by atoms with Gasteiger partial charge in [0.2, 0.25) is 0 Å². The van der Waals surface area contributed by atoms with E-state index in [1.807, 2.05) is 0 Å². The fourth-order valence-electron chi connectivity index (χ4n) is 2.35. The SMILES string of the molecule is O=C(Nc1ccccc1C(=O)Nc1cccnc1)c1ccc([N+](=O)[O-])cc1. The number of pyridine rings is 1. The minimum absolute atomic E-state index is 0.109. The van der Waals surface area contributed by atoms with Crippen LogP contribution < -0.4 is 10.6 Å². The molecule has 3 rings (SSSR count). The zero-order chi connectivity index (χ0) is 19.2. The van der Waals surface area contributed by atoms with Crippen LogP contribution >= 0.6 is 0 Å². The number of nitrogens with zero attached hydrogens (tertiary/aromatic N) is 2. The molecule has 0 saturated carbocycles. The van der Waals surface area contributed by atoms with Crippen molar-refractivity contribution in [2.45, 2.75) is 0 Å². The molecule has 0 aliphatic rings. The van der Waals surface area contributed by atoms with Crippen molar-refractivity contribution in [3.8, 4) is 0 Å². The van der Waals surface area contributed by atoms with Crippen LogP contribution in [0.4, 0.5) is 17.1 Å². The quantitative estimate of drug-likeness (QED) is 0.532. The molecule has 134 valence electrons. The number of nitrogens with one attached hydrogen (secondary N) is 2. The molecule has 0 aliphatic carbocycles. The molecule has 0 atom stereocenters. The maximum atomic E-state index is 12.5. The second-order valence-corrected chi connectivity index (χ2v) is 5.50. The van der Waals surface area contributed by atoms with Gasteiger partial charge in [-0.05, 0) is 36.4 Å². The number of hydrogen-bond donors (Lipinski definition) is 2. The van der Waals surface area contributed by atoms with Crippen LogP contribution in [0.15, 0.2) is 73.1 Å². The molecule has 0 bridgehead atoms. The molecule has 0 aliphatic heterocycles. The summed E-state index contributed by atoms with van der Waals surface area (Å²) in [6.07, 6.45) is 3.10. The topological polar surface area (TPSA) is 114 Å². The number of non-ortho nitro benzene ring substituents is 1. The molecule has 8 heteroatoms. The molecule has 2 amide bonds. The van der Waals surface area contributed by atoms with Crippen molar-refractivity contribution >= 4 is 28.9 Å². The number of carbonyl (C=O) groups is 2. The van der Waals surface area contributed by atoms with Crippen molar-refractivity contribution in [2.75, 3.05) is 10.6 Å². The molecule has 0 unspecified atom stereocenters. The molecule has 0 fully saturated rings. The zero-order valence-corrected chi connectivity index (χ0v) is 14.0. The highest BCUT2D eigenvalue weighted by Crippen LogP contribution is 2.19. The van der Waals surface area contributed by atoms with Crippen LogP contribution in [0.1, 0.15) is 20.7 Å². The number of hydrogen-bond acceptors (Lipinski definition) is 5. The molecule has 8 nitrogen and oxygen atoms in total. The van der Waals surface area contributed by atoms with Gasteiger partial charge in [-0.15, -0.1) is 0 Å². The first-order valence-electron chi connectivity index (χ1n) is 7.91. The summed E-state index contributed by atoms with van der Waals surface area (Å²) < 4.78 is 0. The Morgan fingerprint density at radius 1 is 0.889 bits per heavy atom. The van der Waals surface area contributed by atoms with Gasteiger partial charge in [-0.1, -0.05) is 12.1 Å². The summed E-state index contributed by atoms with van der Waals surface area (Å²) in [6, 6.07) is 15.1. The van der Waals surface area contributed by atoms with E-state index in [0.29, 0.717) is 11.4 Å². The van der Waals surface area contributed by atoms with Crippen LogP contribution in [-0.2, 0) is 0 Å². The van der Waals surface area contributed by atoms with Crippen molar-refractivity contribution in [1.82, 2.24) is 4.98 Å². The second-order valence-electron chi connectivity index (χ2n) is 5.50. The van der Waals surface area contributed by atoms with Crippen molar-refractivity contribution < 1.29 is 14.5 Å². The van der Waals surface area contributed by atoms with E-state index in [0.717, 1.165) is 0 Å². The van der Waals surface area contributed by atoms with Crippen molar-refractivity contribution in [2.24, 2.45) is 0 Å². The predicted molar refractivity (Wildman–Crippen MR) is 99.7 cm³/mol. The van der Waals surface area contributed by atoms with E-state index in [1.54, 1.807) is 42.6 Å². The summed E-state index contributed by atoms with van der Waals surface area (Å²) in [6.45, 7) is 0. The lowest BCUT2D eigenvalue weighted by molar-refractivity contribution is -0.384. The van der Waals surface area contributed by atoms with Crippen LogP contribution in [0.5, 0.6) is 0 Å². The average molecular weight is 362 g/mol. The number of nitro groups is 1. The van der Waals surface area contributed by atoms with Crippen LogP contribution in [0, 0.1) is 10.1 Å². The molecule has 2 N–H and O–H groups in total. The molecular formula is C19H14N4O4. The van der Waals surface area contributed by atoms with Gasteiger partial charge < -0.3 is 10.6 Å². The Morgan fingerprint density at radius 3 is 2.30 bits per heavy atom. The minimum atomic E-state index is -0.542. The molecule has 3 aromatic rings. The van der Waals surface area contributed by atoms with Gasteiger partial charge in [0.05, 0.1) is 28.1 Å². The van der Waals surface area contributed by atoms with Gasteiger partial charge in [0.25, 0.3) is 17.5 Å². The maximum Gasteiger partial charge on any atom is 0.269 e.